The second kappa shape index (κ2) is 5.94. The third-order valence-corrected chi connectivity index (χ3v) is 4.81. The molecule has 0 aromatic heterocycles. The molecule has 0 aromatic carbocycles. The van der Waals surface area contributed by atoms with E-state index in [1.165, 1.54) is 7.11 Å². The molecule has 2 unspecified atom stereocenters. The molecule has 24 heavy (non-hydrogen) atoms. The standard InChI is InChI=1S/C14H21N2O7P/c1-8-5-16(9(2)15-12(8)17)13-10-11(23-24(4,18)19)14(22-13,6-20-3)7-21-10/h5,10-11,13H,2,6-7H2,1,3-4H3,(H,15,17)(H,18,19)/p-1/t10?,11-,13-,14+/m1/s1. The van der Waals surface area contributed by atoms with Crippen LogP contribution < -0.4 is 10.2 Å². The van der Waals surface area contributed by atoms with Crippen LogP contribution in [0.15, 0.2) is 24.2 Å². The first kappa shape index (κ1) is 17.6. The van der Waals surface area contributed by atoms with Gasteiger partial charge in [0.15, 0.2) is 6.23 Å². The minimum Gasteiger partial charge on any atom is -0.779 e. The maximum absolute atomic E-state index is 11.7. The predicted octanol–water partition coefficient (Wildman–Crippen LogP) is -0.498. The van der Waals surface area contributed by atoms with Gasteiger partial charge in [-0.25, -0.2) is 0 Å². The Morgan fingerprint density at radius 1 is 1.62 bits per heavy atom. The van der Waals surface area contributed by atoms with Crippen molar-refractivity contribution in [3.63, 3.8) is 0 Å². The largest absolute Gasteiger partial charge is 0.779 e. The molecule has 1 amide bonds. The fourth-order valence-corrected chi connectivity index (χ4v) is 3.92. The highest BCUT2D eigenvalue weighted by atomic mass is 31.2. The molecule has 0 saturated carbocycles. The summed E-state index contributed by atoms with van der Waals surface area (Å²) in [4.78, 5) is 24.9. The minimum atomic E-state index is -4.01. The third-order valence-electron chi connectivity index (χ3n) is 4.20. The molecule has 2 saturated heterocycles. The average Bonchev–Trinajstić information content (AvgIpc) is 2.93. The Kier molecular flexibility index (Phi) is 4.36. The van der Waals surface area contributed by atoms with Gasteiger partial charge in [-0.15, -0.1) is 0 Å². The molecule has 3 rings (SSSR count). The Bertz CT molecular complexity index is 645. The highest BCUT2D eigenvalue weighted by Crippen LogP contribution is 2.49. The van der Waals surface area contributed by atoms with Crippen LogP contribution in [0.4, 0.5) is 0 Å². The Balaban J connectivity index is 1.91. The maximum Gasteiger partial charge on any atom is 0.253 e. The smallest absolute Gasteiger partial charge is 0.253 e. The molecule has 5 atom stereocenters. The van der Waals surface area contributed by atoms with E-state index in [1.807, 2.05) is 0 Å². The minimum absolute atomic E-state index is 0.111. The highest BCUT2D eigenvalue weighted by Gasteiger charge is 2.64. The van der Waals surface area contributed by atoms with E-state index in [0.29, 0.717) is 11.4 Å². The van der Waals surface area contributed by atoms with Gasteiger partial charge in [0.1, 0.15) is 31.2 Å². The fourth-order valence-electron chi connectivity index (χ4n) is 3.19. The van der Waals surface area contributed by atoms with Gasteiger partial charge in [0.25, 0.3) is 5.91 Å². The van der Waals surface area contributed by atoms with Gasteiger partial charge in [0.2, 0.25) is 0 Å². The zero-order valence-corrected chi connectivity index (χ0v) is 14.6. The van der Waals surface area contributed by atoms with Crippen LogP contribution in [0, 0.1) is 0 Å². The number of methoxy groups -OCH3 is 1. The number of hydrogen-bond donors (Lipinski definition) is 1. The lowest BCUT2D eigenvalue weighted by molar-refractivity contribution is -0.210. The quantitative estimate of drug-likeness (QED) is 0.655. The number of nitrogens with zero attached hydrogens (tertiary/aromatic N) is 1. The molecule has 0 radical (unpaired) electrons. The lowest BCUT2D eigenvalue weighted by Gasteiger charge is -2.38. The predicted molar refractivity (Wildman–Crippen MR) is 80.5 cm³/mol. The van der Waals surface area contributed by atoms with Crippen molar-refractivity contribution < 1.29 is 33.0 Å². The number of nitrogens with one attached hydrogen (secondary N) is 1. The second-order valence-corrected chi connectivity index (χ2v) is 7.95. The van der Waals surface area contributed by atoms with E-state index < -0.39 is 31.6 Å². The number of carbonyl (C=O) groups excluding carboxylic acids is 1. The Hall–Kier alpha value is -1.22. The van der Waals surface area contributed by atoms with Crippen LogP contribution >= 0.6 is 7.60 Å². The zero-order valence-electron chi connectivity index (χ0n) is 13.7. The summed E-state index contributed by atoms with van der Waals surface area (Å²) in [5.74, 6) is 0.0669. The number of carbonyl (C=O) groups is 1. The van der Waals surface area contributed by atoms with Crippen molar-refractivity contribution in [2.75, 3.05) is 27.0 Å². The Morgan fingerprint density at radius 2 is 2.33 bits per heavy atom. The molecular weight excluding hydrogens is 339 g/mol. The van der Waals surface area contributed by atoms with Crippen LogP contribution in [-0.2, 0) is 28.1 Å². The van der Waals surface area contributed by atoms with Gasteiger partial charge in [-0.2, -0.15) is 0 Å². The van der Waals surface area contributed by atoms with Crippen LogP contribution in [0.1, 0.15) is 6.92 Å². The molecule has 1 N–H and O–H groups in total. The SMILES string of the molecule is C=C1NC(=O)C(C)=CN1[C@@H]1O[C@@]2(COC)COC1[C@H]2OP(C)(=O)[O-]. The van der Waals surface area contributed by atoms with Crippen LogP contribution in [0.5, 0.6) is 0 Å². The van der Waals surface area contributed by atoms with Gasteiger partial charge in [-0.1, -0.05) is 6.58 Å². The number of hydrogen-bond acceptors (Lipinski definition) is 8. The van der Waals surface area contributed by atoms with E-state index in [-0.39, 0.29) is 19.1 Å². The van der Waals surface area contributed by atoms with Gasteiger partial charge in [-0.05, 0) is 6.92 Å². The summed E-state index contributed by atoms with van der Waals surface area (Å²) in [6.45, 7) is 6.72. The first-order valence-electron chi connectivity index (χ1n) is 7.39. The maximum atomic E-state index is 11.7. The molecule has 0 spiro atoms. The molecule has 2 bridgehead atoms. The first-order chi connectivity index (χ1) is 11.2. The van der Waals surface area contributed by atoms with E-state index in [4.69, 9.17) is 18.7 Å². The molecule has 9 nitrogen and oxygen atoms in total. The van der Waals surface area contributed by atoms with Gasteiger partial charge in [-0.3, -0.25) is 4.79 Å². The van der Waals surface area contributed by atoms with Gasteiger partial charge >= 0.3 is 0 Å². The second-order valence-electron chi connectivity index (χ2n) is 6.20. The van der Waals surface area contributed by atoms with Crippen LogP contribution in [-0.4, -0.2) is 61.8 Å². The summed E-state index contributed by atoms with van der Waals surface area (Å²) >= 11 is 0. The molecule has 3 heterocycles. The van der Waals surface area contributed by atoms with Crippen molar-refractivity contribution in [3.05, 3.63) is 24.2 Å². The summed E-state index contributed by atoms with van der Waals surface area (Å²) in [5, 5.41) is 2.62. The van der Waals surface area contributed by atoms with Gasteiger partial charge in [0, 0.05) is 25.5 Å². The number of ether oxygens (including phenoxy) is 3. The van der Waals surface area contributed by atoms with E-state index in [9.17, 15) is 14.3 Å². The summed E-state index contributed by atoms with van der Waals surface area (Å²) in [6, 6.07) is 0. The van der Waals surface area contributed by atoms with Crippen molar-refractivity contribution in [2.45, 2.75) is 31.0 Å². The van der Waals surface area contributed by atoms with Crippen molar-refractivity contribution >= 4 is 13.5 Å². The lowest BCUT2D eigenvalue weighted by atomic mass is 10.0. The fraction of sp³-hybridized carbons (Fsp3) is 0.643. The summed E-state index contributed by atoms with van der Waals surface area (Å²) in [7, 11) is -2.52. The molecule has 2 fully saturated rings. The number of fused-ring (bicyclic) bond motifs is 2. The van der Waals surface area contributed by atoms with Crippen LogP contribution in [0.2, 0.25) is 0 Å². The topological polar surface area (TPSA) is 109 Å². The summed E-state index contributed by atoms with van der Waals surface area (Å²) < 4.78 is 33.9. The zero-order chi connectivity index (χ0) is 17.7. The van der Waals surface area contributed by atoms with Crippen molar-refractivity contribution in [1.29, 1.82) is 0 Å². The summed E-state index contributed by atoms with van der Waals surface area (Å²) in [6.07, 6.45) is -0.600. The van der Waals surface area contributed by atoms with E-state index in [2.05, 4.69) is 11.9 Å². The average molecular weight is 359 g/mol. The van der Waals surface area contributed by atoms with Gasteiger partial charge < -0.3 is 38.4 Å². The molecular formula is C14H20N2O7P-. The normalized spacial score (nSPS) is 38.1. The molecule has 134 valence electrons. The Labute approximate surface area is 139 Å². The molecule has 0 aliphatic carbocycles. The number of amides is 1. The van der Waals surface area contributed by atoms with E-state index in [1.54, 1.807) is 18.0 Å². The number of rotatable bonds is 5. The summed E-state index contributed by atoms with van der Waals surface area (Å²) in [5.41, 5.74) is -0.569. The third kappa shape index (κ3) is 2.92. The van der Waals surface area contributed by atoms with Crippen LogP contribution in [0.3, 0.4) is 0 Å². The van der Waals surface area contributed by atoms with E-state index in [0.717, 1.165) is 6.66 Å². The van der Waals surface area contributed by atoms with Crippen molar-refractivity contribution in [1.82, 2.24) is 10.2 Å². The molecule has 3 aliphatic heterocycles. The molecule has 10 heteroatoms. The van der Waals surface area contributed by atoms with E-state index >= 15 is 0 Å². The van der Waals surface area contributed by atoms with Gasteiger partial charge in [0.05, 0.1) is 13.2 Å². The lowest BCUT2D eigenvalue weighted by Crippen LogP contribution is -2.50. The van der Waals surface area contributed by atoms with Crippen molar-refractivity contribution in [2.24, 2.45) is 0 Å². The molecule has 3 aliphatic rings. The first-order valence-corrected chi connectivity index (χ1v) is 9.38. The van der Waals surface area contributed by atoms with Crippen molar-refractivity contribution in [3.8, 4) is 0 Å². The molecule has 0 aromatic rings. The monoisotopic (exact) mass is 359 g/mol. The highest BCUT2D eigenvalue weighted by molar-refractivity contribution is 7.50. The Morgan fingerprint density at radius 3 is 2.96 bits per heavy atom. The van der Waals surface area contributed by atoms with Crippen LogP contribution in [0.25, 0.3) is 0 Å².